The van der Waals surface area contributed by atoms with Crippen molar-refractivity contribution in [2.45, 2.75) is 11.4 Å². The highest BCUT2D eigenvalue weighted by molar-refractivity contribution is 7.98. The van der Waals surface area contributed by atoms with Gasteiger partial charge < -0.3 is 19.7 Å². The number of carbonyl (C=O) groups excluding carboxylic acids is 1. The standard InChI is InChI=1S/C28H25N3O3S/c1-35-24-11-7-20(8-12-24)18-30-28(32)21-9-13-25-26(17-21)33-16-15-31(25)22-10-14-27(29-19-22)34-23-5-3-2-4-6-23/h2-14,17,19H,15-16,18H2,1H3,(H,30,32). The second-order valence-electron chi connectivity index (χ2n) is 7.98. The van der Waals surface area contributed by atoms with Crippen LogP contribution in [0.1, 0.15) is 15.9 Å². The summed E-state index contributed by atoms with van der Waals surface area (Å²) in [5.41, 5.74) is 3.46. The maximum absolute atomic E-state index is 12.8. The highest BCUT2D eigenvalue weighted by Gasteiger charge is 2.21. The first-order valence-corrected chi connectivity index (χ1v) is 12.6. The van der Waals surface area contributed by atoms with E-state index in [9.17, 15) is 4.79 Å². The Morgan fingerprint density at radius 2 is 1.89 bits per heavy atom. The first-order chi connectivity index (χ1) is 17.2. The highest BCUT2D eigenvalue weighted by Crippen LogP contribution is 2.37. The molecule has 0 fully saturated rings. The number of benzene rings is 3. The van der Waals surface area contributed by atoms with E-state index in [1.54, 1.807) is 24.0 Å². The van der Waals surface area contributed by atoms with Crippen molar-refractivity contribution in [3.05, 3.63) is 102 Å². The summed E-state index contributed by atoms with van der Waals surface area (Å²) in [6, 6.07) is 27.1. The zero-order chi connectivity index (χ0) is 24.0. The molecular formula is C28H25N3O3S. The lowest BCUT2D eigenvalue weighted by Gasteiger charge is -2.31. The van der Waals surface area contributed by atoms with Gasteiger partial charge in [0.2, 0.25) is 5.88 Å². The van der Waals surface area contributed by atoms with Crippen molar-refractivity contribution in [2.24, 2.45) is 0 Å². The molecule has 0 saturated heterocycles. The first-order valence-electron chi connectivity index (χ1n) is 11.3. The van der Waals surface area contributed by atoms with Gasteiger partial charge in [-0.3, -0.25) is 4.79 Å². The number of hydrogen-bond donors (Lipinski definition) is 1. The zero-order valence-electron chi connectivity index (χ0n) is 19.3. The van der Waals surface area contributed by atoms with Crippen LogP contribution in [0.4, 0.5) is 11.4 Å². The SMILES string of the molecule is CSc1ccc(CNC(=O)c2ccc3c(c2)OCCN3c2ccc(Oc3ccccc3)nc2)cc1. The molecule has 1 N–H and O–H groups in total. The molecule has 6 nitrogen and oxygen atoms in total. The van der Waals surface area contributed by atoms with Crippen LogP contribution in [0.15, 0.2) is 96.0 Å². The topological polar surface area (TPSA) is 63.7 Å². The van der Waals surface area contributed by atoms with Crippen LogP contribution in [-0.4, -0.2) is 30.3 Å². The third-order valence-corrected chi connectivity index (χ3v) is 6.44. The molecule has 0 aliphatic carbocycles. The molecule has 2 heterocycles. The van der Waals surface area contributed by atoms with Crippen molar-refractivity contribution in [3.8, 4) is 17.4 Å². The Bertz CT molecular complexity index is 1300. The number of aromatic nitrogens is 1. The molecule has 1 aliphatic rings. The Morgan fingerprint density at radius 3 is 2.63 bits per heavy atom. The molecule has 0 bridgehead atoms. The van der Waals surface area contributed by atoms with Crippen LogP contribution in [0.25, 0.3) is 0 Å². The molecule has 0 unspecified atom stereocenters. The lowest BCUT2D eigenvalue weighted by molar-refractivity contribution is 0.0950. The van der Waals surface area contributed by atoms with E-state index in [1.165, 1.54) is 4.90 Å². The van der Waals surface area contributed by atoms with Gasteiger partial charge in [0.1, 0.15) is 18.1 Å². The minimum Gasteiger partial charge on any atom is -0.490 e. The Labute approximate surface area is 208 Å². The molecule has 1 aromatic heterocycles. The Hall–Kier alpha value is -3.97. The van der Waals surface area contributed by atoms with Crippen molar-refractivity contribution >= 4 is 29.0 Å². The van der Waals surface area contributed by atoms with Crippen molar-refractivity contribution < 1.29 is 14.3 Å². The summed E-state index contributed by atoms with van der Waals surface area (Å²) in [7, 11) is 0. The minimum absolute atomic E-state index is 0.133. The molecule has 0 spiro atoms. The summed E-state index contributed by atoms with van der Waals surface area (Å²) >= 11 is 1.70. The van der Waals surface area contributed by atoms with E-state index in [2.05, 4.69) is 27.3 Å². The van der Waals surface area contributed by atoms with Crippen LogP contribution in [0.2, 0.25) is 0 Å². The lowest BCUT2D eigenvalue weighted by atomic mass is 10.1. The smallest absolute Gasteiger partial charge is 0.251 e. The maximum atomic E-state index is 12.8. The van der Waals surface area contributed by atoms with Crippen LogP contribution in [-0.2, 0) is 6.54 Å². The number of nitrogens with one attached hydrogen (secondary N) is 1. The van der Waals surface area contributed by atoms with Crippen LogP contribution >= 0.6 is 11.8 Å². The molecule has 0 radical (unpaired) electrons. The molecule has 1 amide bonds. The van der Waals surface area contributed by atoms with Gasteiger partial charge in [-0.05, 0) is 60.4 Å². The third-order valence-electron chi connectivity index (χ3n) is 5.70. The largest absolute Gasteiger partial charge is 0.490 e. The minimum atomic E-state index is -0.133. The molecule has 176 valence electrons. The number of hydrogen-bond acceptors (Lipinski definition) is 6. The van der Waals surface area contributed by atoms with E-state index in [-0.39, 0.29) is 5.91 Å². The monoisotopic (exact) mass is 483 g/mol. The predicted molar refractivity (Wildman–Crippen MR) is 139 cm³/mol. The first kappa shape index (κ1) is 22.8. The number of amides is 1. The van der Waals surface area contributed by atoms with Crippen LogP contribution in [0, 0.1) is 0 Å². The van der Waals surface area contributed by atoms with Crippen molar-refractivity contribution in [1.82, 2.24) is 10.3 Å². The fraction of sp³-hybridized carbons (Fsp3) is 0.143. The molecule has 5 rings (SSSR count). The van der Waals surface area contributed by atoms with Gasteiger partial charge in [-0.25, -0.2) is 4.98 Å². The van der Waals surface area contributed by atoms with E-state index in [1.807, 2.05) is 73.0 Å². The summed E-state index contributed by atoms with van der Waals surface area (Å²) in [4.78, 5) is 20.6. The molecule has 7 heteroatoms. The zero-order valence-corrected chi connectivity index (χ0v) is 20.1. The number of ether oxygens (including phenoxy) is 2. The number of rotatable bonds is 7. The second kappa shape index (κ2) is 10.5. The van der Waals surface area contributed by atoms with Crippen LogP contribution in [0.5, 0.6) is 17.4 Å². The Kier molecular flexibility index (Phi) is 6.86. The average Bonchev–Trinajstić information content (AvgIpc) is 2.92. The lowest BCUT2D eigenvalue weighted by Crippen LogP contribution is -2.29. The molecule has 35 heavy (non-hydrogen) atoms. The average molecular weight is 484 g/mol. The quantitative estimate of drug-likeness (QED) is 0.323. The summed E-state index contributed by atoms with van der Waals surface area (Å²) in [5, 5.41) is 2.99. The summed E-state index contributed by atoms with van der Waals surface area (Å²) in [5.74, 6) is 1.82. The molecule has 0 saturated carbocycles. The molecule has 4 aromatic rings. The molecule has 1 aliphatic heterocycles. The van der Waals surface area contributed by atoms with Crippen LogP contribution < -0.4 is 19.7 Å². The second-order valence-corrected chi connectivity index (χ2v) is 8.86. The summed E-state index contributed by atoms with van der Waals surface area (Å²) < 4.78 is 11.7. The van der Waals surface area contributed by atoms with E-state index in [4.69, 9.17) is 9.47 Å². The highest BCUT2D eigenvalue weighted by atomic mass is 32.2. The van der Waals surface area contributed by atoms with Gasteiger partial charge in [0.25, 0.3) is 5.91 Å². The number of para-hydroxylation sites is 1. The van der Waals surface area contributed by atoms with Crippen molar-refractivity contribution in [2.75, 3.05) is 24.3 Å². The number of carbonyl (C=O) groups is 1. The predicted octanol–water partition coefficient (Wildman–Crippen LogP) is 6.06. The van der Waals surface area contributed by atoms with Gasteiger partial charge in [0, 0.05) is 23.1 Å². The maximum Gasteiger partial charge on any atom is 0.251 e. The number of fused-ring (bicyclic) bond motifs is 1. The van der Waals surface area contributed by atoms with Crippen LogP contribution in [0.3, 0.4) is 0 Å². The number of nitrogens with zero attached hydrogens (tertiary/aromatic N) is 2. The summed E-state index contributed by atoms with van der Waals surface area (Å²) in [6.45, 7) is 1.67. The molecule has 0 atom stereocenters. The van der Waals surface area contributed by atoms with E-state index >= 15 is 0 Å². The fourth-order valence-electron chi connectivity index (χ4n) is 3.86. The summed E-state index contributed by atoms with van der Waals surface area (Å²) in [6.07, 6.45) is 3.83. The Balaban J connectivity index is 1.27. The fourth-order valence-corrected chi connectivity index (χ4v) is 4.27. The van der Waals surface area contributed by atoms with Gasteiger partial charge in [0.05, 0.1) is 24.1 Å². The number of anilines is 2. The number of thioether (sulfide) groups is 1. The van der Waals surface area contributed by atoms with E-state index in [0.29, 0.717) is 36.9 Å². The molecule has 3 aromatic carbocycles. The Morgan fingerprint density at radius 1 is 1.06 bits per heavy atom. The number of pyridine rings is 1. The van der Waals surface area contributed by atoms with E-state index < -0.39 is 0 Å². The normalized spacial score (nSPS) is 12.4. The van der Waals surface area contributed by atoms with Gasteiger partial charge >= 0.3 is 0 Å². The van der Waals surface area contributed by atoms with Gasteiger partial charge in [-0.2, -0.15) is 0 Å². The third kappa shape index (κ3) is 5.41. The van der Waals surface area contributed by atoms with Gasteiger partial charge in [0.15, 0.2) is 0 Å². The van der Waals surface area contributed by atoms with E-state index in [0.717, 1.165) is 22.7 Å². The van der Waals surface area contributed by atoms with Gasteiger partial charge in [-0.1, -0.05) is 30.3 Å². The van der Waals surface area contributed by atoms with Crippen molar-refractivity contribution in [3.63, 3.8) is 0 Å². The van der Waals surface area contributed by atoms with Crippen molar-refractivity contribution in [1.29, 1.82) is 0 Å². The molecular weight excluding hydrogens is 458 g/mol. The van der Waals surface area contributed by atoms with Gasteiger partial charge in [-0.15, -0.1) is 11.8 Å².